The predicted molar refractivity (Wildman–Crippen MR) is 42.6 cm³/mol. The molecule has 1 N–H and O–H groups in total. The van der Waals surface area contributed by atoms with Gasteiger partial charge in [0.15, 0.2) is 0 Å². The van der Waals surface area contributed by atoms with Crippen LogP contribution in [0.3, 0.4) is 0 Å². The van der Waals surface area contributed by atoms with E-state index in [1.54, 1.807) is 6.07 Å². The van der Waals surface area contributed by atoms with Crippen LogP contribution in [0.25, 0.3) is 0 Å². The van der Waals surface area contributed by atoms with Gasteiger partial charge in [0.25, 0.3) is 0 Å². The molecule has 0 saturated carbocycles. The molecule has 0 aliphatic carbocycles. The molecule has 0 aliphatic heterocycles. The fourth-order valence-electron chi connectivity index (χ4n) is 0.736. The summed E-state index contributed by atoms with van der Waals surface area (Å²) in [4.78, 5) is 16.2. The molecule has 0 atom stereocenters. The van der Waals surface area contributed by atoms with E-state index in [4.69, 9.17) is 14.7 Å². The van der Waals surface area contributed by atoms with Crippen LogP contribution in [0.1, 0.15) is 11.1 Å². The number of phenolic OH excluding ortho intramolecular Hbond substituents is 1. The molecule has 12 heavy (non-hydrogen) atoms. The highest BCUT2D eigenvalue weighted by Crippen LogP contribution is 2.17. The molecule has 0 unspecified atom stereocenters. The molecular weight excluding hydrogens is 156 g/mol. The van der Waals surface area contributed by atoms with Crippen LogP contribution in [-0.4, -0.2) is 11.3 Å². The monoisotopic (exact) mass is 166 g/mol. The van der Waals surface area contributed by atoms with Gasteiger partial charge in [-0.15, -0.1) is 0 Å². The van der Waals surface area contributed by atoms with E-state index in [1.807, 2.05) is 26.0 Å². The van der Waals surface area contributed by atoms with Gasteiger partial charge in [-0.05, 0) is 31.0 Å². The van der Waals surface area contributed by atoms with Gasteiger partial charge in [-0.3, -0.25) is 0 Å². The minimum absolute atomic E-state index is 0.250. The maximum Gasteiger partial charge on any atom is 0.373 e. The zero-order valence-electron chi connectivity index (χ0n) is 7.00. The number of rotatable bonds is 0. The van der Waals surface area contributed by atoms with E-state index in [1.165, 1.54) is 0 Å². The van der Waals surface area contributed by atoms with Crippen LogP contribution in [-0.2, 0) is 9.59 Å². The lowest BCUT2D eigenvalue weighted by Crippen LogP contribution is -1.78. The number of carbonyl (C=O) groups excluding carboxylic acids is 2. The van der Waals surface area contributed by atoms with Crippen LogP contribution in [0.5, 0.6) is 5.75 Å². The number of aromatic hydroxyl groups is 1. The van der Waals surface area contributed by atoms with Gasteiger partial charge in [0.1, 0.15) is 5.75 Å². The van der Waals surface area contributed by atoms with Crippen molar-refractivity contribution in [3.05, 3.63) is 29.3 Å². The summed E-state index contributed by atoms with van der Waals surface area (Å²) in [5, 5.41) is 9.10. The minimum atomic E-state index is 0.250. The van der Waals surface area contributed by atoms with Gasteiger partial charge < -0.3 is 5.11 Å². The molecular formula is C9H10O3. The quantitative estimate of drug-likeness (QED) is 0.634. The number of benzene rings is 1. The largest absolute Gasteiger partial charge is 0.508 e. The molecule has 0 radical (unpaired) electrons. The molecule has 0 amide bonds. The highest BCUT2D eigenvalue weighted by atomic mass is 16.3. The summed E-state index contributed by atoms with van der Waals surface area (Å²) in [7, 11) is 0. The topological polar surface area (TPSA) is 54.4 Å². The highest BCUT2D eigenvalue weighted by molar-refractivity contribution is 5.36. The van der Waals surface area contributed by atoms with Crippen LogP contribution in [0.15, 0.2) is 18.2 Å². The maximum atomic E-state index is 9.10. The first-order valence-corrected chi connectivity index (χ1v) is 3.38. The molecule has 0 aliphatic rings. The minimum Gasteiger partial charge on any atom is -0.508 e. The van der Waals surface area contributed by atoms with Crippen molar-refractivity contribution in [3.8, 4) is 5.75 Å². The SMILES string of the molecule is Cc1cccc(O)c1C.O=C=O. The van der Waals surface area contributed by atoms with E-state index in [0.29, 0.717) is 5.75 Å². The summed E-state index contributed by atoms with van der Waals surface area (Å²) in [6, 6.07) is 5.52. The average molecular weight is 166 g/mol. The van der Waals surface area contributed by atoms with Crippen LogP contribution in [0.2, 0.25) is 0 Å². The third kappa shape index (κ3) is 2.99. The molecule has 3 heteroatoms. The third-order valence-corrected chi connectivity index (χ3v) is 1.58. The fraction of sp³-hybridized carbons (Fsp3) is 0.222. The summed E-state index contributed by atoms with van der Waals surface area (Å²) in [5.74, 6) is 0.384. The second-order valence-electron chi connectivity index (χ2n) is 2.30. The summed E-state index contributed by atoms with van der Waals surface area (Å²) in [6.45, 7) is 3.89. The van der Waals surface area contributed by atoms with E-state index in [-0.39, 0.29) is 6.15 Å². The number of hydrogen-bond acceptors (Lipinski definition) is 3. The van der Waals surface area contributed by atoms with Gasteiger partial charge in [-0.25, -0.2) is 0 Å². The van der Waals surface area contributed by atoms with Crippen molar-refractivity contribution in [2.45, 2.75) is 13.8 Å². The average Bonchev–Trinajstić information content (AvgIpc) is 2.02. The van der Waals surface area contributed by atoms with Gasteiger partial charge in [-0.2, -0.15) is 9.59 Å². The van der Waals surface area contributed by atoms with Crippen molar-refractivity contribution in [2.75, 3.05) is 0 Å². The molecule has 1 rings (SSSR count). The second-order valence-corrected chi connectivity index (χ2v) is 2.30. The summed E-state index contributed by atoms with van der Waals surface area (Å²) >= 11 is 0. The summed E-state index contributed by atoms with van der Waals surface area (Å²) < 4.78 is 0. The summed E-state index contributed by atoms with van der Waals surface area (Å²) in [5.41, 5.74) is 2.10. The summed E-state index contributed by atoms with van der Waals surface area (Å²) in [6.07, 6.45) is 0.250. The molecule has 0 heterocycles. The molecule has 3 nitrogen and oxygen atoms in total. The van der Waals surface area contributed by atoms with E-state index in [2.05, 4.69) is 0 Å². The molecule has 1 aromatic rings. The molecule has 0 spiro atoms. The number of hydrogen-bond donors (Lipinski definition) is 1. The van der Waals surface area contributed by atoms with Crippen molar-refractivity contribution >= 4 is 6.15 Å². The smallest absolute Gasteiger partial charge is 0.373 e. The third-order valence-electron chi connectivity index (χ3n) is 1.58. The number of aryl methyl sites for hydroxylation is 1. The van der Waals surface area contributed by atoms with Crippen LogP contribution in [0.4, 0.5) is 0 Å². The predicted octanol–water partition coefficient (Wildman–Crippen LogP) is 1.43. The van der Waals surface area contributed by atoms with Crippen molar-refractivity contribution in [1.29, 1.82) is 0 Å². The van der Waals surface area contributed by atoms with Gasteiger partial charge >= 0.3 is 6.15 Å². The number of phenols is 1. The normalized spacial score (nSPS) is 7.83. The second kappa shape index (κ2) is 5.10. The molecule has 64 valence electrons. The van der Waals surface area contributed by atoms with Gasteiger partial charge in [-0.1, -0.05) is 12.1 Å². The van der Waals surface area contributed by atoms with Crippen molar-refractivity contribution in [2.24, 2.45) is 0 Å². The molecule has 0 fully saturated rings. The van der Waals surface area contributed by atoms with Crippen LogP contribution < -0.4 is 0 Å². The Balaban J connectivity index is 0.000000354. The fourth-order valence-corrected chi connectivity index (χ4v) is 0.736. The van der Waals surface area contributed by atoms with E-state index >= 15 is 0 Å². The maximum absolute atomic E-state index is 9.10. The molecule has 0 bridgehead atoms. The Morgan fingerprint density at radius 2 is 1.75 bits per heavy atom. The van der Waals surface area contributed by atoms with Gasteiger partial charge in [0, 0.05) is 0 Å². The Bertz CT molecular complexity index is 266. The van der Waals surface area contributed by atoms with Crippen molar-refractivity contribution in [1.82, 2.24) is 0 Å². The lowest BCUT2D eigenvalue weighted by atomic mass is 10.1. The van der Waals surface area contributed by atoms with E-state index < -0.39 is 0 Å². The first-order chi connectivity index (χ1) is 5.63. The van der Waals surface area contributed by atoms with Gasteiger partial charge in [0.2, 0.25) is 0 Å². The van der Waals surface area contributed by atoms with Crippen LogP contribution in [0, 0.1) is 13.8 Å². The zero-order chi connectivity index (χ0) is 9.56. The Hall–Kier alpha value is -1.60. The lowest BCUT2D eigenvalue weighted by molar-refractivity contribution is -0.191. The van der Waals surface area contributed by atoms with Crippen LogP contribution >= 0.6 is 0 Å². The highest BCUT2D eigenvalue weighted by Gasteiger charge is 1.94. The lowest BCUT2D eigenvalue weighted by Gasteiger charge is -1.99. The standard InChI is InChI=1S/C8H10O.CO2/c1-6-4-3-5-8(9)7(6)2;2-1-3/h3-5,9H,1-2H3;. The Morgan fingerprint density at radius 1 is 1.25 bits per heavy atom. The first-order valence-electron chi connectivity index (χ1n) is 3.38. The molecule has 0 saturated heterocycles. The molecule has 1 aromatic carbocycles. The molecule has 0 aromatic heterocycles. The van der Waals surface area contributed by atoms with Gasteiger partial charge in [0.05, 0.1) is 0 Å². The Labute approximate surface area is 70.6 Å². The zero-order valence-corrected chi connectivity index (χ0v) is 7.00. The van der Waals surface area contributed by atoms with Crippen molar-refractivity contribution in [3.63, 3.8) is 0 Å². The first kappa shape index (κ1) is 10.4. The van der Waals surface area contributed by atoms with E-state index in [0.717, 1.165) is 11.1 Å². The van der Waals surface area contributed by atoms with Crippen molar-refractivity contribution < 1.29 is 14.7 Å². The Kier molecular flexibility index (Phi) is 4.42. The van der Waals surface area contributed by atoms with E-state index in [9.17, 15) is 0 Å². The Morgan fingerprint density at radius 3 is 2.08 bits per heavy atom.